The van der Waals surface area contributed by atoms with Gasteiger partial charge in [-0.05, 0) is 57.5 Å². The number of rotatable bonds is 5. The van der Waals surface area contributed by atoms with E-state index in [1.54, 1.807) is 42.4 Å². The van der Waals surface area contributed by atoms with Gasteiger partial charge < -0.3 is 19.4 Å². The molecular weight excluding hydrogens is 346 g/mol. The predicted octanol–water partition coefficient (Wildman–Crippen LogP) is 2.26. The summed E-state index contributed by atoms with van der Waals surface area (Å²) in [6, 6.07) is 7.29. The van der Waals surface area contributed by atoms with E-state index in [2.05, 4.69) is 48.2 Å². The monoisotopic (exact) mass is 373 g/mol. The van der Waals surface area contributed by atoms with E-state index in [0.29, 0.717) is 17.4 Å². The summed E-state index contributed by atoms with van der Waals surface area (Å²) in [5, 5.41) is 10.2. The fraction of sp³-hybridized carbons (Fsp3) is 0.526. The zero-order valence-electron chi connectivity index (χ0n) is 16.5. The Morgan fingerprint density at radius 3 is 2.59 bits per heavy atom. The number of hydrogen-bond acceptors (Lipinski definition) is 6. The summed E-state index contributed by atoms with van der Waals surface area (Å²) in [7, 11) is 1.58. The fourth-order valence-electron chi connectivity index (χ4n) is 3.29. The van der Waals surface area contributed by atoms with Crippen molar-refractivity contribution in [3.8, 4) is 5.75 Å². The Labute approximate surface area is 159 Å². The van der Waals surface area contributed by atoms with E-state index in [-0.39, 0.29) is 17.3 Å². The first-order valence-corrected chi connectivity index (χ1v) is 9.11. The molecule has 2 aromatic rings. The molecule has 0 atom stereocenters. The first kappa shape index (κ1) is 19.2. The van der Waals surface area contributed by atoms with Crippen molar-refractivity contribution in [1.82, 2.24) is 10.2 Å². The van der Waals surface area contributed by atoms with Crippen LogP contribution in [-0.4, -0.2) is 54.4 Å². The molecule has 0 bridgehead atoms. The number of nitrogens with zero attached hydrogens (tertiary/aromatic N) is 5. The van der Waals surface area contributed by atoms with Gasteiger partial charge in [-0.2, -0.15) is 0 Å². The molecule has 0 N–H and O–H groups in total. The third-order valence-corrected chi connectivity index (χ3v) is 4.86. The highest BCUT2D eigenvalue weighted by Gasteiger charge is 2.41. The molecular formula is C19H27N5O3. The van der Waals surface area contributed by atoms with Gasteiger partial charge in [-0.25, -0.2) is 0 Å². The van der Waals surface area contributed by atoms with Crippen LogP contribution in [0.2, 0.25) is 0 Å². The van der Waals surface area contributed by atoms with Gasteiger partial charge in [0.25, 0.3) is 6.20 Å². The van der Waals surface area contributed by atoms with Crippen molar-refractivity contribution >= 4 is 11.8 Å². The van der Waals surface area contributed by atoms with E-state index in [9.17, 15) is 4.79 Å². The number of benzene rings is 1. The fourth-order valence-corrected chi connectivity index (χ4v) is 3.29. The largest absolute Gasteiger partial charge is 0.584 e. The lowest BCUT2D eigenvalue weighted by Crippen LogP contribution is -2.74. The number of carbonyl (C=O) groups excluding carboxylic acids is 1. The van der Waals surface area contributed by atoms with Crippen LogP contribution >= 0.6 is 0 Å². The van der Waals surface area contributed by atoms with Crippen molar-refractivity contribution in [2.45, 2.75) is 39.3 Å². The van der Waals surface area contributed by atoms with Gasteiger partial charge >= 0.3 is 0 Å². The molecule has 1 fully saturated rings. The number of carbonyl (C=O) groups is 1. The van der Waals surface area contributed by atoms with Gasteiger partial charge in [0.1, 0.15) is 17.2 Å². The zero-order chi connectivity index (χ0) is 19.6. The number of hydrogen-bond donors (Lipinski definition) is 0. The van der Waals surface area contributed by atoms with Crippen molar-refractivity contribution in [2.75, 3.05) is 31.8 Å². The second kappa shape index (κ2) is 7.56. The van der Waals surface area contributed by atoms with Gasteiger partial charge in [-0.1, -0.05) is 0 Å². The molecule has 27 heavy (non-hydrogen) atoms. The summed E-state index contributed by atoms with van der Waals surface area (Å²) in [6.07, 6.45) is 1.65. The first-order valence-electron chi connectivity index (χ1n) is 9.11. The molecule has 0 radical (unpaired) electrons. The summed E-state index contributed by atoms with van der Waals surface area (Å²) >= 11 is 0. The Kier molecular flexibility index (Phi) is 5.36. The van der Waals surface area contributed by atoms with Crippen molar-refractivity contribution in [1.29, 1.82) is 0 Å². The molecule has 0 saturated carbocycles. The van der Waals surface area contributed by atoms with Crippen molar-refractivity contribution in [3.05, 3.63) is 41.3 Å². The molecule has 2 heterocycles. The molecule has 1 amide bonds. The molecule has 0 unspecified atom stereocenters. The second-order valence-corrected chi connectivity index (χ2v) is 7.61. The Hall–Kier alpha value is -2.61. The molecule has 8 nitrogen and oxygen atoms in total. The molecule has 146 valence electrons. The maximum atomic E-state index is 12.3. The normalized spacial score (nSPS) is 17.2. The van der Waals surface area contributed by atoms with E-state index in [4.69, 9.17) is 9.26 Å². The molecule has 3 rings (SSSR count). The van der Waals surface area contributed by atoms with Crippen LogP contribution in [0, 0.1) is 0 Å². The number of aromatic nitrogens is 2. The molecule has 1 aromatic carbocycles. The standard InChI is InChI=1S/C19H27N5O3/c1-14(2)22-10-11-23(19(3,4)13-22)24-12-17(27-21-24)20-18(25)15-6-8-16(26-5)9-7-15/h6-9,12,14H,10-11,13H2,1-5H3. The van der Waals surface area contributed by atoms with Crippen molar-refractivity contribution in [2.24, 2.45) is 0 Å². The van der Waals surface area contributed by atoms with Crippen molar-refractivity contribution < 1.29 is 18.8 Å². The van der Waals surface area contributed by atoms with Crippen LogP contribution in [0.4, 0.5) is 5.88 Å². The average Bonchev–Trinajstić information content (AvgIpc) is 3.08. The van der Waals surface area contributed by atoms with Crippen LogP contribution in [0.1, 0.15) is 38.1 Å². The zero-order valence-corrected chi connectivity index (χ0v) is 16.5. The lowest BCUT2D eigenvalue weighted by molar-refractivity contribution is -0.766. The molecule has 1 aliphatic rings. The van der Waals surface area contributed by atoms with Gasteiger partial charge in [0, 0.05) is 19.1 Å². The Morgan fingerprint density at radius 1 is 1.30 bits per heavy atom. The summed E-state index contributed by atoms with van der Waals surface area (Å²) < 4.78 is 10.4. The number of ether oxygens (including phenoxy) is 1. The minimum absolute atomic E-state index is 0.124. The van der Waals surface area contributed by atoms with Crippen LogP contribution in [0.3, 0.4) is 0 Å². The lowest BCUT2D eigenvalue weighted by atomic mass is 10.00. The molecule has 0 spiro atoms. The third kappa shape index (κ3) is 4.21. The van der Waals surface area contributed by atoms with Gasteiger partial charge in [-0.15, -0.1) is 5.01 Å². The summed E-state index contributed by atoms with van der Waals surface area (Å²) in [5.41, 5.74) is 0.339. The van der Waals surface area contributed by atoms with Crippen LogP contribution in [-0.2, 0) is 0 Å². The minimum atomic E-state index is -0.384. The molecule has 8 heteroatoms. The highest BCUT2D eigenvalue weighted by molar-refractivity contribution is 6.07. The second-order valence-electron chi connectivity index (χ2n) is 7.61. The number of methoxy groups -OCH3 is 1. The van der Waals surface area contributed by atoms with Crippen LogP contribution < -0.4 is 14.5 Å². The highest BCUT2D eigenvalue weighted by Crippen LogP contribution is 2.22. The van der Waals surface area contributed by atoms with Gasteiger partial charge in [0.2, 0.25) is 5.27 Å². The Morgan fingerprint density at radius 2 is 2.00 bits per heavy atom. The lowest BCUT2D eigenvalue weighted by Gasteiger charge is -2.43. The summed E-state index contributed by atoms with van der Waals surface area (Å²) in [6.45, 7) is 11.4. The van der Waals surface area contributed by atoms with Crippen LogP contribution in [0.5, 0.6) is 5.75 Å². The Balaban J connectivity index is 1.68. The topological polar surface area (TPSA) is 76.8 Å². The maximum Gasteiger partial charge on any atom is 0.257 e. The third-order valence-electron chi connectivity index (χ3n) is 4.86. The molecule has 1 saturated heterocycles. The summed E-state index contributed by atoms with van der Waals surface area (Å²) in [4.78, 5) is 16.4. The first-order chi connectivity index (χ1) is 12.8. The molecule has 1 aromatic heterocycles. The van der Waals surface area contributed by atoms with E-state index >= 15 is 0 Å². The van der Waals surface area contributed by atoms with Gasteiger partial charge in [-0.3, -0.25) is 4.90 Å². The number of amides is 1. The average molecular weight is 373 g/mol. The van der Waals surface area contributed by atoms with Crippen molar-refractivity contribution in [3.63, 3.8) is 0 Å². The smallest absolute Gasteiger partial charge is 0.257 e. The van der Waals surface area contributed by atoms with Crippen LogP contribution in [0.15, 0.2) is 35.0 Å². The molecule has 1 aliphatic heterocycles. The predicted molar refractivity (Wildman–Crippen MR) is 101 cm³/mol. The van der Waals surface area contributed by atoms with E-state index in [1.165, 1.54) is 0 Å². The summed E-state index contributed by atoms with van der Waals surface area (Å²) in [5.74, 6) is 0.481. The van der Waals surface area contributed by atoms with E-state index in [1.807, 2.05) is 0 Å². The van der Waals surface area contributed by atoms with Crippen LogP contribution in [0.25, 0.3) is 5.32 Å². The minimum Gasteiger partial charge on any atom is -0.584 e. The quantitative estimate of drug-likeness (QED) is 0.748. The molecule has 0 aliphatic carbocycles. The van der Waals surface area contributed by atoms with Gasteiger partial charge in [0.05, 0.1) is 24.4 Å². The SMILES string of the molecule is COc1ccc(C(=O)[N-]c2c[n+](N3CCN(C(C)C)CC3(C)C)no2)cc1. The highest BCUT2D eigenvalue weighted by atomic mass is 16.5. The maximum absolute atomic E-state index is 12.3. The van der Waals surface area contributed by atoms with Gasteiger partial charge in [0.15, 0.2) is 0 Å². The van der Waals surface area contributed by atoms with E-state index < -0.39 is 0 Å². The van der Waals surface area contributed by atoms with E-state index in [0.717, 1.165) is 19.6 Å². The Bertz CT molecular complexity index is 785. The number of piperazine rings is 1.